The van der Waals surface area contributed by atoms with Crippen molar-refractivity contribution >= 4 is 22.5 Å². The lowest BCUT2D eigenvalue weighted by molar-refractivity contribution is -0.123. The molecular formula is C59H104N2O6Si2. The van der Waals surface area contributed by atoms with Gasteiger partial charge in [0.2, 0.25) is 5.91 Å². The Balaban J connectivity index is 1.42. The highest BCUT2D eigenvalue weighted by molar-refractivity contribution is 6.78. The molecule has 0 radical (unpaired) electrons. The molecule has 2 atom stereocenters. The molecule has 3 rings (SSSR count). The van der Waals surface area contributed by atoms with E-state index in [0.717, 1.165) is 80.8 Å². The number of allylic oxidation sites excluding steroid dienone is 2. The molecule has 0 aromatic heterocycles. The first-order valence-corrected chi connectivity index (χ1v) is 32.4. The van der Waals surface area contributed by atoms with Crippen LogP contribution in [0.25, 0.3) is 0 Å². The van der Waals surface area contributed by atoms with E-state index in [1.165, 1.54) is 57.8 Å². The van der Waals surface area contributed by atoms with Crippen LogP contribution in [0.15, 0.2) is 48.6 Å². The number of nitrogens with two attached hydrogens (primary N) is 1. The summed E-state index contributed by atoms with van der Waals surface area (Å²) in [5, 5.41) is 3.25. The molecule has 1 amide bonds. The Kier molecular flexibility index (Phi) is 27.9. The zero-order valence-electron chi connectivity index (χ0n) is 46.7. The standard InChI is InChI=1S/C59H104N2O6Si2/c1-44(2)41-55(60)59(62)61-58-53-35-33-51(63-37-29-25-21-17-15-19-23-27-31-39-65-68(45(3)4,46(5)6)47(7)8)42-56(53)67-57-43-52(34-36-54(57)58)64-38-30-26-22-18-16-20-24-28-32-40-66-69(48(9)10,49(11)12)50(13)14/h15,17,33-36,42-50,55,58H,16,18-32,37-41,60H2,1-14H3,(H,61,62)/b17-15+/t55-,58?/m0/s1. The van der Waals surface area contributed by atoms with E-state index in [2.05, 4.69) is 114 Å². The molecule has 10 heteroatoms. The van der Waals surface area contributed by atoms with Crippen LogP contribution >= 0.6 is 0 Å². The summed E-state index contributed by atoms with van der Waals surface area (Å²) in [6.45, 7) is 35.7. The van der Waals surface area contributed by atoms with Crippen LogP contribution in [0.5, 0.6) is 23.0 Å². The number of nitrogens with one attached hydrogen (secondary N) is 1. The average molecular weight is 994 g/mol. The van der Waals surface area contributed by atoms with E-state index < -0.39 is 28.7 Å². The number of carbonyl (C=O) groups is 1. The fraction of sp³-hybridized carbons (Fsp3) is 0.746. The molecule has 0 bridgehead atoms. The number of fused-ring (bicyclic) bond motifs is 2. The van der Waals surface area contributed by atoms with Crippen molar-refractivity contribution in [2.24, 2.45) is 11.7 Å². The normalized spacial score (nSPS) is 14.7. The molecular weight excluding hydrogens is 889 g/mol. The molecule has 394 valence electrons. The second-order valence-corrected chi connectivity index (χ2v) is 33.6. The molecule has 0 saturated carbocycles. The summed E-state index contributed by atoms with van der Waals surface area (Å²) in [7, 11) is -3.50. The number of unbranched alkanes of at least 4 members (excludes halogenated alkanes) is 13. The smallest absolute Gasteiger partial charge is 0.237 e. The molecule has 0 aliphatic carbocycles. The number of ether oxygens (including phenoxy) is 3. The SMILES string of the molecule is CC(C)C[C@H](N)C(=O)NC1c2ccc(OCCCC/C=C/CCCCCO[Si](C(C)C)(C(C)C)C(C)C)cc2Oc2cc(OCCCCCCCCCCCO[Si](C(C)C)(C(C)C)C(C)C)ccc21. The van der Waals surface area contributed by atoms with Gasteiger partial charge in [-0.3, -0.25) is 4.79 Å². The molecule has 3 N–H and O–H groups in total. The number of benzene rings is 2. The number of hydrogen-bond acceptors (Lipinski definition) is 7. The Morgan fingerprint density at radius 2 is 0.884 bits per heavy atom. The zero-order valence-corrected chi connectivity index (χ0v) is 48.7. The van der Waals surface area contributed by atoms with Gasteiger partial charge in [0.1, 0.15) is 23.0 Å². The van der Waals surface area contributed by atoms with Gasteiger partial charge in [-0.05, 0) is 121 Å². The largest absolute Gasteiger partial charge is 0.493 e. The van der Waals surface area contributed by atoms with Gasteiger partial charge in [0.05, 0.1) is 25.3 Å². The van der Waals surface area contributed by atoms with Crippen LogP contribution < -0.4 is 25.3 Å². The topological polar surface area (TPSA) is 101 Å². The fourth-order valence-electron chi connectivity index (χ4n) is 11.6. The predicted octanol–water partition coefficient (Wildman–Crippen LogP) is 17.3. The zero-order chi connectivity index (χ0) is 51.0. The van der Waals surface area contributed by atoms with Crippen molar-refractivity contribution < 1.29 is 27.9 Å². The van der Waals surface area contributed by atoms with Crippen molar-refractivity contribution in [1.82, 2.24) is 5.32 Å². The predicted molar refractivity (Wildman–Crippen MR) is 298 cm³/mol. The summed E-state index contributed by atoms with van der Waals surface area (Å²) >= 11 is 0. The molecule has 69 heavy (non-hydrogen) atoms. The van der Waals surface area contributed by atoms with Crippen molar-refractivity contribution in [3.63, 3.8) is 0 Å². The van der Waals surface area contributed by atoms with Gasteiger partial charge in [0.15, 0.2) is 16.6 Å². The minimum absolute atomic E-state index is 0.165. The lowest BCUT2D eigenvalue weighted by Gasteiger charge is -2.42. The Bertz CT molecular complexity index is 1720. The number of rotatable bonds is 37. The van der Waals surface area contributed by atoms with Crippen LogP contribution in [0.1, 0.15) is 223 Å². The van der Waals surface area contributed by atoms with Gasteiger partial charge in [0.25, 0.3) is 0 Å². The lowest BCUT2D eigenvalue weighted by atomic mass is 9.93. The van der Waals surface area contributed by atoms with E-state index in [4.69, 9.17) is 28.8 Å². The highest BCUT2D eigenvalue weighted by Crippen LogP contribution is 2.46. The molecule has 2 aromatic rings. The first-order valence-electron chi connectivity index (χ1n) is 28.1. The van der Waals surface area contributed by atoms with Crippen LogP contribution in [-0.4, -0.2) is 55.0 Å². The Morgan fingerprint density at radius 1 is 0.536 bits per heavy atom. The van der Waals surface area contributed by atoms with E-state index in [0.29, 0.717) is 70.3 Å². The Hall–Kier alpha value is -2.64. The van der Waals surface area contributed by atoms with E-state index in [1.54, 1.807) is 0 Å². The maximum atomic E-state index is 13.4. The molecule has 8 nitrogen and oxygen atoms in total. The van der Waals surface area contributed by atoms with Crippen LogP contribution in [0.2, 0.25) is 33.2 Å². The van der Waals surface area contributed by atoms with Gasteiger partial charge in [-0.15, -0.1) is 0 Å². The molecule has 1 aliphatic heterocycles. The van der Waals surface area contributed by atoms with E-state index in [9.17, 15) is 4.79 Å². The van der Waals surface area contributed by atoms with Gasteiger partial charge in [-0.2, -0.15) is 0 Å². The molecule has 0 spiro atoms. The quantitative estimate of drug-likeness (QED) is 0.0395. The monoisotopic (exact) mass is 993 g/mol. The Morgan fingerprint density at radius 3 is 1.28 bits per heavy atom. The third kappa shape index (κ3) is 19.1. The number of amides is 1. The molecule has 1 unspecified atom stereocenters. The lowest BCUT2D eigenvalue weighted by Crippen LogP contribution is -2.47. The maximum Gasteiger partial charge on any atom is 0.237 e. The maximum absolute atomic E-state index is 13.4. The summed E-state index contributed by atoms with van der Waals surface area (Å²) in [6, 6.07) is 10.9. The van der Waals surface area contributed by atoms with Crippen molar-refractivity contribution in [2.45, 2.75) is 251 Å². The Labute approximate surface area is 426 Å². The van der Waals surface area contributed by atoms with Gasteiger partial charge < -0.3 is 34.1 Å². The first-order chi connectivity index (χ1) is 32.9. The van der Waals surface area contributed by atoms with Crippen molar-refractivity contribution in [1.29, 1.82) is 0 Å². The van der Waals surface area contributed by atoms with Crippen LogP contribution in [-0.2, 0) is 13.6 Å². The highest BCUT2D eigenvalue weighted by atomic mass is 28.4. The molecule has 1 heterocycles. The van der Waals surface area contributed by atoms with E-state index >= 15 is 0 Å². The molecule has 2 aromatic carbocycles. The second kappa shape index (κ2) is 31.7. The molecule has 0 fully saturated rings. The number of hydrogen-bond donors (Lipinski definition) is 2. The van der Waals surface area contributed by atoms with Gasteiger partial charge in [0, 0.05) is 36.5 Å². The van der Waals surface area contributed by atoms with Crippen molar-refractivity contribution in [2.75, 3.05) is 26.4 Å². The minimum atomic E-state index is -1.76. The fourth-order valence-corrected chi connectivity index (χ4v) is 22.6. The van der Waals surface area contributed by atoms with Gasteiger partial charge in [-0.25, -0.2) is 0 Å². The summed E-state index contributed by atoms with van der Waals surface area (Å²) in [5.41, 5.74) is 12.0. The summed E-state index contributed by atoms with van der Waals surface area (Å²) in [4.78, 5) is 13.4. The van der Waals surface area contributed by atoms with Crippen molar-refractivity contribution in [3.8, 4) is 23.0 Å². The number of carbonyl (C=O) groups excluding carboxylic acids is 1. The summed E-state index contributed by atoms with van der Waals surface area (Å²) in [5.74, 6) is 3.04. The van der Waals surface area contributed by atoms with Crippen LogP contribution in [0.3, 0.4) is 0 Å². The van der Waals surface area contributed by atoms with Gasteiger partial charge in [-0.1, -0.05) is 160 Å². The first kappa shape index (κ1) is 60.7. The molecule has 0 saturated heterocycles. The minimum Gasteiger partial charge on any atom is -0.493 e. The highest BCUT2D eigenvalue weighted by Gasteiger charge is 2.46. The average Bonchev–Trinajstić information content (AvgIpc) is 3.28. The second-order valence-electron chi connectivity index (χ2n) is 22.7. The summed E-state index contributed by atoms with van der Waals surface area (Å²) in [6.07, 6.45) is 24.2. The summed E-state index contributed by atoms with van der Waals surface area (Å²) < 4.78 is 32.5. The molecule has 1 aliphatic rings. The van der Waals surface area contributed by atoms with E-state index in [1.807, 2.05) is 36.4 Å². The third-order valence-electron chi connectivity index (χ3n) is 15.1. The van der Waals surface area contributed by atoms with Crippen molar-refractivity contribution in [3.05, 3.63) is 59.7 Å². The van der Waals surface area contributed by atoms with Crippen LogP contribution in [0.4, 0.5) is 0 Å². The third-order valence-corrected chi connectivity index (χ3v) is 27.3. The van der Waals surface area contributed by atoms with Gasteiger partial charge >= 0.3 is 0 Å². The van der Waals surface area contributed by atoms with Crippen LogP contribution in [0, 0.1) is 5.92 Å². The van der Waals surface area contributed by atoms with E-state index in [-0.39, 0.29) is 5.91 Å².